The minimum atomic E-state index is -0.966. The van der Waals surface area contributed by atoms with E-state index in [0.29, 0.717) is 26.1 Å². The van der Waals surface area contributed by atoms with E-state index in [1.807, 2.05) is 0 Å². The Labute approximate surface area is 92.3 Å². The average molecular weight is 223 g/mol. The van der Waals surface area contributed by atoms with Crippen LogP contribution >= 0.6 is 0 Å². The van der Waals surface area contributed by atoms with E-state index >= 15 is 0 Å². The Balaban J connectivity index is 2.42. The Morgan fingerprint density at radius 1 is 1.31 bits per heavy atom. The lowest BCUT2D eigenvalue weighted by Crippen LogP contribution is -2.46. The third-order valence-corrected chi connectivity index (χ3v) is 3.01. The Morgan fingerprint density at radius 3 is 2.38 bits per heavy atom. The molecule has 0 amide bonds. The van der Waals surface area contributed by atoms with Crippen LogP contribution in [0.1, 0.15) is 12.8 Å². The van der Waals surface area contributed by atoms with Gasteiger partial charge in [0.25, 0.3) is 0 Å². The third-order valence-electron chi connectivity index (χ3n) is 3.01. The lowest BCUT2D eigenvalue weighted by atomic mass is 9.89. The summed E-state index contributed by atoms with van der Waals surface area (Å²) in [5.74, 6) is -0.876. The van der Waals surface area contributed by atoms with Crippen LogP contribution in [-0.4, -0.2) is 28.9 Å². The van der Waals surface area contributed by atoms with Gasteiger partial charge in [0.15, 0.2) is 5.43 Å². The Hall–Kier alpha value is -1.62. The lowest BCUT2D eigenvalue weighted by Gasteiger charge is -2.35. The molecule has 1 saturated heterocycles. The molecule has 16 heavy (non-hydrogen) atoms. The van der Waals surface area contributed by atoms with Gasteiger partial charge >= 0.3 is 5.97 Å². The zero-order valence-corrected chi connectivity index (χ0v) is 8.76. The fraction of sp³-hybridized carbons (Fsp3) is 0.455. The molecule has 0 spiro atoms. The molecule has 0 aromatic carbocycles. The van der Waals surface area contributed by atoms with Gasteiger partial charge in [-0.05, 0) is 0 Å². The minimum Gasteiger partial charge on any atom is -0.479 e. The van der Waals surface area contributed by atoms with Gasteiger partial charge in [0.2, 0.25) is 0 Å². The van der Waals surface area contributed by atoms with Crippen molar-refractivity contribution in [3.63, 3.8) is 0 Å². The van der Waals surface area contributed by atoms with Crippen LogP contribution in [0.2, 0.25) is 0 Å². The van der Waals surface area contributed by atoms with E-state index < -0.39 is 11.5 Å². The molecule has 2 rings (SSSR count). The maximum Gasteiger partial charge on any atom is 0.330 e. The average Bonchev–Trinajstić information content (AvgIpc) is 2.30. The molecule has 1 fully saturated rings. The number of aliphatic carboxylic acids is 1. The standard InChI is InChI=1S/C11H13NO4/c13-9-1-5-12(6-2-9)11(10(14)15)3-7-16-8-4-11/h1-2,5-6H,3-4,7-8H2,(H,14,15). The van der Waals surface area contributed by atoms with Crippen LogP contribution in [0.15, 0.2) is 29.3 Å². The molecule has 1 aromatic rings. The number of ether oxygens (including phenoxy) is 1. The van der Waals surface area contributed by atoms with Gasteiger partial charge in [-0.2, -0.15) is 0 Å². The zero-order chi connectivity index (χ0) is 11.6. The monoisotopic (exact) mass is 223 g/mol. The summed E-state index contributed by atoms with van der Waals surface area (Å²) in [7, 11) is 0. The predicted molar refractivity (Wildman–Crippen MR) is 56.4 cm³/mol. The number of nitrogens with zero attached hydrogens (tertiary/aromatic N) is 1. The molecule has 5 nitrogen and oxygen atoms in total. The van der Waals surface area contributed by atoms with Crippen molar-refractivity contribution in [3.8, 4) is 0 Å². The highest BCUT2D eigenvalue weighted by Gasteiger charge is 2.41. The second-order valence-corrected chi connectivity index (χ2v) is 3.89. The third kappa shape index (κ3) is 1.74. The number of hydrogen-bond donors (Lipinski definition) is 1. The van der Waals surface area contributed by atoms with Crippen LogP contribution in [0.25, 0.3) is 0 Å². The molecule has 0 atom stereocenters. The number of carbonyl (C=O) groups is 1. The summed E-state index contributed by atoms with van der Waals surface area (Å²) in [6.45, 7) is 0.858. The molecular formula is C11H13NO4. The van der Waals surface area contributed by atoms with E-state index in [-0.39, 0.29) is 5.43 Å². The van der Waals surface area contributed by atoms with Crippen LogP contribution in [-0.2, 0) is 15.1 Å². The Kier molecular flexibility index (Phi) is 2.78. The maximum atomic E-state index is 11.4. The van der Waals surface area contributed by atoms with E-state index in [2.05, 4.69) is 0 Å². The summed E-state index contributed by atoms with van der Waals surface area (Å²) in [5.41, 5.74) is -1.09. The molecule has 0 bridgehead atoms. The van der Waals surface area contributed by atoms with Gasteiger partial charge < -0.3 is 14.4 Å². The van der Waals surface area contributed by atoms with E-state index in [9.17, 15) is 14.7 Å². The summed E-state index contributed by atoms with van der Waals surface area (Å²) >= 11 is 0. The molecular weight excluding hydrogens is 210 g/mol. The highest BCUT2D eigenvalue weighted by atomic mass is 16.5. The molecule has 1 aliphatic rings. The van der Waals surface area contributed by atoms with E-state index in [1.54, 1.807) is 4.57 Å². The topological polar surface area (TPSA) is 68.5 Å². The fourth-order valence-corrected chi connectivity index (χ4v) is 1.99. The van der Waals surface area contributed by atoms with Crippen molar-refractivity contribution in [1.29, 1.82) is 0 Å². The minimum absolute atomic E-state index is 0.121. The molecule has 1 N–H and O–H groups in total. The SMILES string of the molecule is O=C(O)C1(n2ccc(=O)cc2)CCOCC1. The van der Waals surface area contributed by atoms with E-state index in [4.69, 9.17) is 4.74 Å². The van der Waals surface area contributed by atoms with Crippen molar-refractivity contribution in [2.45, 2.75) is 18.4 Å². The molecule has 0 saturated carbocycles. The highest BCUT2D eigenvalue weighted by molar-refractivity contribution is 5.76. The van der Waals surface area contributed by atoms with E-state index in [1.165, 1.54) is 24.5 Å². The smallest absolute Gasteiger partial charge is 0.330 e. The number of hydrogen-bond acceptors (Lipinski definition) is 3. The first-order valence-corrected chi connectivity index (χ1v) is 5.15. The van der Waals surface area contributed by atoms with Gasteiger partial charge in [0.1, 0.15) is 5.54 Å². The Morgan fingerprint density at radius 2 is 1.88 bits per heavy atom. The largest absolute Gasteiger partial charge is 0.479 e. The van der Waals surface area contributed by atoms with Gasteiger partial charge in [-0.15, -0.1) is 0 Å². The first-order valence-electron chi connectivity index (χ1n) is 5.15. The molecule has 0 radical (unpaired) electrons. The van der Waals surface area contributed by atoms with Crippen molar-refractivity contribution >= 4 is 5.97 Å². The lowest BCUT2D eigenvalue weighted by molar-refractivity contribution is -0.153. The first-order chi connectivity index (χ1) is 7.65. The van der Waals surface area contributed by atoms with Crippen molar-refractivity contribution in [1.82, 2.24) is 4.57 Å². The number of carboxylic acids is 1. The summed E-state index contributed by atoms with van der Waals surface area (Å²) in [5, 5.41) is 9.36. The summed E-state index contributed by atoms with van der Waals surface area (Å²) in [6.07, 6.45) is 3.90. The number of aromatic nitrogens is 1. The second-order valence-electron chi connectivity index (χ2n) is 3.89. The quantitative estimate of drug-likeness (QED) is 0.789. The molecule has 86 valence electrons. The first kappa shape index (κ1) is 10.9. The summed E-state index contributed by atoms with van der Waals surface area (Å²) in [4.78, 5) is 22.4. The van der Waals surface area contributed by atoms with Crippen molar-refractivity contribution in [2.24, 2.45) is 0 Å². The van der Waals surface area contributed by atoms with Gasteiger partial charge in [-0.3, -0.25) is 4.79 Å². The van der Waals surface area contributed by atoms with Crippen molar-refractivity contribution in [3.05, 3.63) is 34.7 Å². The molecule has 5 heteroatoms. The second kappa shape index (κ2) is 4.09. The molecule has 0 unspecified atom stereocenters. The highest BCUT2D eigenvalue weighted by Crippen LogP contribution is 2.28. The Bertz CT molecular complexity index is 425. The molecule has 1 aromatic heterocycles. The summed E-state index contributed by atoms with van der Waals surface area (Å²) < 4.78 is 6.78. The van der Waals surface area contributed by atoms with Gasteiger partial charge in [0.05, 0.1) is 0 Å². The maximum absolute atomic E-state index is 11.4. The summed E-state index contributed by atoms with van der Waals surface area (Å²) in [6, 6.07) is 2.75. The van der Waals surface area contributed by atoms with E-state index in [0.717, 1.165) is 0 Å². The number of carboxylic acid groups (broad SMARTS) is 1. The van der Waals surface area contributed by atoms with Crippen molar-refractivity contribution < 1.29 is 14.6 Å². The molecule has 1 aliphatic heterocycles. The van der Waals surface area contributed by atoms with Crippen LogP contribution in [0.3, 0.4) is 0 Å². The van der Waals surface area contributed by atoms with Crippen LogP contribution < -0.4 is 5.43 Å². The van der Waals surface area contributed by atoms with Crippen molar-refractivity contribution in [2.75, 3.05) is 13.2 Å². The van der Waals surface area contributed by atoms with Gasteiger partial charge in [0, 0.05) is 50.6 Å². The van der Waals surface area contributed by atoms with Crippen LogP contribution in [0.4, 0.5) is 0 Å². The fourth-order valence-electron chi connectivity index (χ4n) is 1.99. The van der Waals surface area contributed by atoms with Crippen LogP contribution in [0, 0.1) is 0 Å². The predicted octanol–water partition coefficient (Wildman–Crippen LogP) is 0.439. The number of rotatable bonds is 2. The normalized spacial score (nSPS) is 19.2. The molecule has 2 heterocycles. The number of pyridine rings is 1. The van der Waals surface area contributed by atoms with Gasteiger partial charge in [-0.25, -0.2) is 4.79 Å². The van der Waals surface area contributed by atoms with Gasteiger partial charge in [-0.1, -0.05) is 0 Å². The van der Waals surface area contributed by atoms with Crippen LogP contribution in [0.5, 0.6) is 0 Å². The zero-order valence-electron chi connectivity index (χ0n) is 8.76. The molecule has 0 aliphatic carbocycles.